The Labute approximate surface area is 129 Å². The van der Waals surface area contributed by atoms with Gasteiger partial charge in [0.25, 0.3) is 0 Å². The molecule has 1 aromatic carbocycles. The van der Waals surface area contributed by atoms with Crippen LogP contribution in [0.3, 0.4) is 0 Å². The molecule has 1 saturated carbocycles. The van der Waals surface area contributed by atoms with Crippen molar-refractivity contribution in [1.29, 1.82) is 0 Å². The first-order chi connectivity index (χ1) is 9.52. The van der Waals surface area contributed by atoms with Gasteiger partial charge in [0.05, 0.1) is 13.2 Å². The molecule has 0 aromatic heterocycles. The van der Waals surface area contributed by atoms with Gasteiger partial charge in [0, 0.05) is 40.2 Å². The normalized spacial score (nSPS) is 31.1. The summed E-state index contributed by atoms with van der Waals surface area (Å²) in [6.07, 6.45) is 2.84. The predicted molar refractivity (Wildman–Crippen MR) is 84.3 cm³/mol. The third-order valence-electron chi connectivity index (χ3n) is 4.76. The summed E-state index contributed by atoms with van der Waals surface area (Å²) in [5.41, 5.74) is 1.29. The fraction of sp³-hybridized carbons (Fsp3) is 0.625. The van der Waals surface area contributed by atoms with E-state index in [-0.39, 0.29) is 5.41 Å². The lowest BCUT2D eigenvalue weighted by atomic mass is 9.55. The first-order valence-electron chi connectivity index (χ1n) is 7.25. The quantitative estimate of drug-likeness (QED) is 0.900. The van der Waals surface area contributed by atoms with E-state index in [1.807, 2.05) is 6.07 Å². The number of rotatable bonds is 3. The highest BCUT2D eigenvalue weighted by atomic mass is 79.9. The summed E-state index contributed by atoms with van der Waals surface area (Å²) in [5, 5.41) is 3.69. The average Bonchev–Trinajstić information content (AvgIpc) is 2.44. The van der Waals surface area contributed by atoms with Gasteiger partial charge in [0.2, 0.25) is 0 Å². The van der Waals surface area contributed by atoms with Gasteiger partial charge in [0.1, 0.15) is 5.75 Å². The number of anilines is 1. The summed E-state index contributed by atoms with van der Waals surface area (Å²) in [5.74, 6) is 1.50. The Hall–Kier alpha value is -0.740. The lowest BCUT2D eigenvalue weighted by Crippen LogP contribution is -2.67. The van der Waals surface area contributed by atoms with Crippen LogP contribution in [0.1, 0.15) is 26.7 Å². The zero-order valence-corrected chi connectivity index (χ0v) is 13.9. The minimum absolute atomic E-state index is 0.181. The van der Waals surface area contributed by atoms with E-state index < -0.39 is 0 Å². The van der Waals surface area contributed by atoms with Gasteiger partial charge in [-0.2, -0.15) is 0 Å². The molecule has 2 aliphatic rings. The summed E-state index contributed by atoms with van der Waals surface area (Å²) < 4.78 is 12.3. The maximum absolute atomic E-state index is 5.95. The third-order valence-corrected chi connectivity index (χ3v) is 5.22. The van der Waals surface area contributed by atoms with E-state index in [2.05, 4.69) is 47.2 Å². The first-order valence-corrected chi connectivity index (χ1v) is 8.04. The van der Waals surface area contributed by atoms with Gasteiger partial charge >= 0.3 is 0 Å². The van der Waals surface area contributed by atoms with E-state index >= 15 is 0 Å². The molecular weight excluding hydrogens is 318 g/mol. The predicted octanol–water partition coefficient (Wildman–Crippen LogP) is 4.07. The number of nitrogens with one attached hydrogen (secondary N) is 1. The number of methoxy groups -OCH3 is 1. The molecule has 3 nitrogen and oxygen atoms in total. The lowest BCUT2D eigenvalue weighted by Gasteiger charge is -2.60. The fourth-order valence-corrected chi connectivity index (χ4v) is 4.23. The Bertz CT molecular complexity index is 503. The molecular formula is C16H22BrNO2. The molecule has 1 aliphatic carbocycles. The van der Waals surface area contributed by atoms with Crippen LogP contribution in [0.4, 0.5) is 5.69 Å². The van der Waals surface area contributed by atoms with Gasteiger partial charge in [-0.05, 0) is 25.0 Å². The van der Waals surface area contributed by atoms with E-state index in [1.165, 1.54) is 12.8 Å². The smallest absolute Gasteiger partial charge is 0.122 e. The van der Waals surface area contributed by atoms with Gasteiger partial charge in [-0.25, -0.2) is 0 Å². The van der Waals surface area contributed by atoms with Crippen molar-refractivity contribution >= 4 is 21.6 Å². The minimum Gasteiger partial charge on any atom is -0.497 e. The minimum atomic E-state index is 0.181. The molecule has 0 spiro atoms. The van der Waals surface area contributed by atoms with Gasteiger partial charge in [-0.3, -0.25) is 0 Å². The molecule has 0 radical (unpaired) electrons. The maximum atomic E-state index is 5.95. The molecule has 4 heteroatoms. The molecule has 1 N–H and O–H groups in total. The summed E-state index contributed by atoms with van der Waals surface area (Å²) >= 11 is 3.54. The van der Waals surface area contributed by atoms with Crippen LogP contribution in [0.25, 0.3) is 0 Å². The van der Waals surface area contributed by atoms with E-state index in [9.17, 15) is 0 Å². The van der Waals surface area contributed by atoms with Crippen molar-refractivity contribution in [2.24, 2.45) is 11.3 Å². The van der Waals surface area contributed by atoms with Crippen LogP contribution in [0.5, 0.6) is 5.75 Å². The molecule has 1 aromatic rings. The van der Waals surface area contributed by atoms with Crippen LogP contribution in [0.2, 0.25) is 0 Å². The summed E-state index contributed by atoms with van der Waals surface area (Å²) in [6.45, 7) is 5.51. The number of hydrogen-bond donors (Lipinski definition) is 1. The van der Waals surface area contributed by atoms with Crippen molar-refractivity contribution in [3.05, 3.63) is 22.7 Å². The number of benzene rings is 1. The van der Waals surface area contributed by atoms with Crippen molar-refractivity contribution in [3.63, 3.8) is 0 Å². The van der Waals surface area contributed by atoms with Crippen molar-refractivity contribution in [2.45, 2.75) is 38.8 Å². The van der Waals surface area contributed by atoms with E-state index in [0.29, 0.717) is 18.1 Å². The molecule has 3 rings (SSSR count). The monoisotopic (exact) mass is 339 g/mol. The topological polar surface area (TPSA) is 30.5 Å². The molecule has 3 unspecified atom stereocenters. The van der Waals surface area contributed by atoms with E-state index in [0.717, 1.165) is 22.5 Å². The lowest BCUT2D eigenvalue weighted by molar-refractivity contribution is -0.177. The van der Waals surface area contributed by atoms with Gasteiger partial charge < -0.3 is 14.8 Å². The van der Waals surface area contributed by atoms with Crippen LogP contribution < -0.4 is 10.1 Å². The van der Waals surface area contributed by atoms with Gasteiger partial charge in [0.15, 0.2) is 0 Å². The van der Waals surface area contributed by atoms with Gasteiger partial charge in [-0.15, -0.1) is 0 Å². The summed E-state index contributed by atoms with van der Waals surface area (Å²) in [7, 11) is 1.70. The summed E-state index contributed by atoms with van der Waals surface area (Å²) in [6, 6.07) is 6.60. The average molecular weight is 340 g/mol. The molecule has 2 fully saturated rings. The highest BCUT2D eigenvalue weighted by Gasteiger charge is 2.57. The third kappa shape index (κ3) is 2.33. The largest absolute Gasteiger partial charge is 0.497 e. The zero-order valence-electron chi connectivity index (χ0n) is 12.3. The van der Waals surface area contributed by atoms with E-state index in [1.54, 1.807) is 7.11 Å². The Morgan fingerprint density at radius 2 is 2.15 bits per heavy atom. The molecule has 20 heavy (non-hydrogen) atoms. The standard InChI is InChI=1S/C16H22BrNO2/c1-16(2)14(13-5-4-6-20-15(13)16)18-11-7-10(17)8-12(9-11)19-3/h7-9,13-15,18H,4-6H2,1-3H3. The van der Waals surface area contributed by atoms with Crippen molar-refractivity contribution < 1.29 is 9.47 Å². The SMILES string of the molecule is COc1cc(Br)cc(NC2C3CCCOC3C2(C)C)c1. The number of fused-ring (bicyclic) bond motifs is 1. The molecule has 1 saturated heterocycles. The van der Waals surface area contributed by atoms with Crippen LogP contribution in [0, 0.1) is 11.3 Å². The Balaban J connectivity index is 1.79. The first kappa shape index (κ1) is 14.2. The van der Waals surface area contributed by atoms with Crippen LogP contribution in [-0.4, -0.2) is 25.9 Å². The molecule has 110 valence electrons. The van der Waals surface area contributed by atoms with E-state index in [4.69, 9.17) is 9.47 Å². The number of hydrogen-bond acceptors (Lipinski definition) is 3. The Kier molecular flexibility index (Phi) is 3.71. The van der Waals surface area contributed by atoms with Crippen LogP contribution in [-0.2, 0) is 4.74 Å². The second kappa shape index (κ2) is 5.23. The fourth-order valence-electron chi connectivity index (χ4n) is 3.76. The van der Waals surface area contributed by atoms with Crippen LogP contribution >= 0.6 is 15.9 Å². The van der Waals surface area contributed by atoms with Crippen molar-refractivity contribution in [1.82, 2.24) is 0 Å². The highest BCUT2D eigenvalue weighted by Crippen LogP contribution is 2.52. The molecule has 1 heterocycles. The highest BCUT2D eigenvalue weighted by molar-refractivity contribution is 9.10. The Morgan fingerprint density at radius 3 is 2.90 bits per heavy atom. The zero-order chi connectivity index (χ0) is 14.3. The number of halogens is 1. The second-order valence-corrected chi connectivity index (χ2v) is 7.34. The maximum Gasteiger partial charge on any atom is 0.122 e. The molecule has 0 amide bonds. The van der Waals surface area contributed by atoms with Crippen molar-refractivity contribution in [2.75, 3.05) is 19.0 Å². The van der Waals surface area contributed by atoms with Crippen molar-refractivity contribution in [3.8, 4) is 5.75 Å². The number of ether oxygens (including phenoxy) is 2. The Morgan fingerprint density at radius 1 is 1.35 bits per heavy atom. The summed E-state index contributed by atoms with van der Waals surface area (Å²) in [4.78, 5) is 0. The van der Waals surface area contributed by atoms with Crippen LogP contribution in [0.15, 0.2) is 22.7 Å². The molecule has 3 atom stereocenters. The second-order valence-electron chi connectivity index (χ2n) is 6.42. The molecule has 0 bridgehead atoms. The van der Waals surface area contributed by atoms with Gasteiger partial charge in [-0.1, -0.05) is 29.8 Å². The molecule has 1 aliphatic heterocycles.